The predicted molar refractivity (Wildman–Crippen MR) is 54.4 cm³/mol. The third-order valence-electron chi connectivity index (χ3n) is 1.84. The van der Waals surface area contributed by atoms with Crippen molar-refractivity contribution in [1.29, 1.82) is 0 Å². The molecule has 0 saturated carbocycles. The maximum atomic E-state index is 13.2. The zero-order chi connectivity index (χ0) is 9.42. The summed E-state index contributed by atoms with van der Waals surface area (Å²) < 4.78 is 26.7. The van der Waals surface area contributed by atoms with Crippen LogP contribution in [-0.4, -0.2) is 0 Å². The zero-order valence-corrected chi connectivity index (χ0v) is 8.88. The molecule has 0 atom stereocenters. The Kier molecular flexibility index (Phi) is 2.34. The maximum Gasteiger partial charge on any atom is 0.177 e. The molecule has 0 saturated heterocycles. The van der Waals surface area contributed by atoms with Gasteiger partial charge in [-0.05, 0) is 17.5 Å². The predicted octanol–water partition coefficient (Wildman–Crippen LogP) is 4.07. The summed E-state index contributed by atoms with van der Waals surface area (Å²) in [6.45, 7) is 0. The van der Waals surface area contributed by atoms with E-state index in [1.54, 1.807) is 6.07 Å². The van der Waals surface area contributed by atoms with E-state index < -0.39 is 0 Å². The van der Waals surface area contributed by atoms with Gasteiger partial charge in [-0.25, -0.2) is 4.39 Å². The van der Waals surface area contributed by atoms with Crippen molar-refractivity contribution in [3.63, 3.8) is 0 Å². The van der Waals surface area contributed by atoms with Gasteiger partial charge >= 0.3 is 0 Å². The van der Waals surface area contributed by atoms with Gasteiger partial charge in [-0.2, -0.15) is 4.39 Å². The highest BCUT2D eigenvalue weighted by Gasteiger charge is 2.09. The van der Waals surface area contributed by atoms with Crippen LogP contribution in [0.1, 0.15) is 5.56 Å². The van der Waals surface area contributed by atoms with Crippen LogP contribution in [0.5, 0.6) is 0 Å². The maximum absolute atomic E-state index is 13.2. The Labute approximate surface area is 86.3 Å². The molecule has 1 aromatic heterocycles. The number of hydrogen-bond acceptors (Lipinski definition) is 1. The summed E-state index contributed by atoms with van der Waals surface area (Å²) in [6, 6.07) is 4.38. The van der Waals surface area contributed by atoms with Gasteiger partial charge in [0, 0.05) is 15.6 Å². The van der Waals surface area contributed by atoms with Crippen LogP contribution in [0.25, 0.3) is 10.1 Å². The second-order valence-electron chi connectivity index (χ2n) is 2.63. The molecular formula is C9H5BrF2S. The van der Waals surface area contributed by atoms with Crippen LogP contribution in [-0.2, 0) is 5.33 Å². The summed E-state index contributed by atoms with van der Waals surface area (Å²) in [6.07, 6.45) is 0. The van der Waals surface area contributed by atoms with Crippen molar-refractivity contribution in [2.75, 3.05) is 0 Å². The molecule has 1 aromatic carbocycles. The number of thiophene rings is 1. The van der Waals surface area contributed by atoms with Gasteiger partial charge in [-0.15, -0.1) is 11.3 Å². The highest BCUT2D eigenvalue weighted by atomic mass is 79.9. The normalized spacial score (nSPS) is 11.0. The molecule has 2 rings (SSSR count). The van der Waals surface area contributed by atoms with E-state index in [1.807, 2.05) is 0 Å². The molecule has 68 valence electrons. The first-order chi connectivity index (χ1) is 6.22. The third kappa shape index (κ3) is 1.48. The molecule has 0 amide bonds. The van der Waals surface area contributed by atoms with Crippen LogP contribution in [0.15, 0.2) is 18.2 Å². The Bertz CT molecular complexity index is 450. The van der Waals surface area contributed by atoms with Crippen molar-refractivity contribution < 1.29 is 8.78 Å². The highest BCUT2D eigenvalue weighted by Crippen LogP contribution is 2.30. The average molecular weight is 263 g/mol. The average Bonchev–Trinajstić information content (AvgIpc) is 2.45. The van der Waals surface area contributed by atoms with Crippen LogP contribution >= 0.6 is 27.3 Å². The number of rotatable bonds is 1. The van der Waals surface area contributed by atoms with E-state index in [4.69, 9.17) is 0 Å². The first-order valence-electron chi connectivity index (χ1n) is 3.65. The van der Waals surface area contributed by atoms with Gasteiger partial charge in [-0.3, -0.25) is 0 Å². The van der Waals surface area contributed by atoms with Crippen molar-refractivity contribution in [3.05, 3.63) is 34.7 Å². The van der Waals surface area contributed by atoms with E-state index in [9.17, 15) is 8.78 Å². The molecule has 0 spiro atoms. The van der Waals surface area contributed by atoms with Gasteiger partial charge in [0.25, 0.3) is 0 Å². The Hall–Kier alpha value is -0.480. The van der Waals surface area contributed by atoms with Gasteiger partial charge in [-0.1, -0.05) is 22.0 Å². The smallest absolute Gasteiger partial charge is 0.177 e. The van der Waals surface area contributed by atoms with Crippen molar-refractivity contribution >= 4 is 37.4 Å². The molecule has 0 fully saturated rings. The van der Waals surface area contributed by atoms with E-state index in [0.717, 1.165) is 16.7 Å². The molecule has 4 heteroatoms. The van der Waals surface area contributed by atoms with Crippen molar-refractivity contribution in [3.8, 4) is 0 Å². The van der Waals surface area contributed by atoms with E-state index in [-0.39, 0.29) is 10.9 Å². The standard InChI is InChI=1S/C9H5BrF2S/c10-4-6-7(11)2-1-5-3-8(12)13-9(5)6/h1-3H,4H2. The zero-order valence-electron chi connectivity index (χ0n) is 6.48. The van der Waals surface area contributed by atoms with Crippen LogP contribution in [0.3, 0.4) is 0 Å². The largest absolute Gasteiger partial charge is 0.207 e. The first kappa shape index (κ1) is 9.09. The van der Waals surface area contributed by atoms with Gasteiger partial charge in [0.15, 0.2) is 5.13 Å². The van der Waals surface area contributed by atoms with Gasteiger partial charge in [0.2, 0.25) is 0 Å². The van der Waals surface area contributed by atoms with Crippen molar-refractivity contribution in [1.82, 2.24) is 0 Å². The van der Waals surface area contributed by atoms with Crippen LogP contribution in [0.4, 0.5) is 8.78 Å². The molecule has 0 unspecified atom stereocenters. The molecule has 13 heavy (non-hydrogen) atoms. The lowest BCUT2D eigenvalue weighted by molar-refractivity contribution is 0.620. The molecule has 0 aliphatic carbocycles. The Morgan fingerprint density at radius 1 is 1.31 bits per heavy atom. The first-order valence-corrected chi connectivity index (χ1v) is 5.58. The Morgan fingerprint density at radius 3 is 2.77 bits per heavy atom. The molecule has 0 nitrogen and oxygen atoms in total. The number of fused-ring (bicyclic) bond motifs is 1. The summed E-state index contributed by atoms with van der Waals surface area (Å²) >= 11 is 4.16. The summed E-state index contributed by atoms with van der Waals surface area (Å²) in [5.41, 5.74) is 0.534. The number of hydrogen-bond donors (Lipinski definition) is 0. The van der Waals surface area contributed by atoms with Crippen LogP contribution in [0.2, 0.25) is 0 Å². The highest BCUT2D eigenvalue weighted by molar-refractivity contribution is 9.08. The minimum absolute atomic E-state index is 0.275. The quantitative estimate of drug-likeness (QED) is 0.680. The molecule has 0 aliphatic heterocycles. The molecular weight excluding hydrogens is 258 g/mol. The molecule has 0 radical (unpaired) electrons. The summed E-state index contributed by atoms with van der Waals surface area (Å²) in [5.74, 6) is -0.286. The fourth-order valence-electron chi connectivity index (χ4n) is 1.23. The second kappa shape index (κ2) is 3.35. The Balaban J connectivity index is 2.82. The lowest BCUT2D eigenvalue weighted by Gasteiger charge is -1.98. The fraction of sp³-hybridized carbons (Fsp3) is 0.111. The summed E-state index contributed by atoms with van der Waals surface area (Å²) in [5, 5.41) is 0.900. The number of alkyl halides is 1. The molecule has 1 heterocycles. The topological polar surface area (TPSA) is 0 Å². The van der Waals surface area contributed by atoms with E-state index in [1.165, 1.54) is 12.1 Å². The SMILES string of the molecule is Fc1cc2ccc(F)c(CBr)c2s1. The molecule has 0 bridgehead atoms. The lowest BCUT2D eigenvalue weighted by Crippen LogP contribution is -1.84. The summed E-state index contributed by atoms with van der Waals surface area (Å²) in [7, 11) is 0. The minimum Gasteiger partial charge on any atom is -0.207 e. The monoisotopic (exact) mass is 262 g/mol. The van der Waals surface area contributed by atoms with Gasteiger partial charge in [0.1, 0.15) is 5.82 Å². The van der Waals surface area contributed by atoms with E-state index in [2.05, 4.69) is 15.9 Å². The minimum atomic E-state index is -0.286. The molecule has 2 aromatic rings. The second-order valence-corrected chi connectivity index (χ2v) is 4.19. The molecule has 0 N–H and O–H groups in total. The Morgan fingerprint density at radius 2 is 2.08 bits per heavy atom. The van der Waals surface area contributed by atoms with Gasteiger partial charge < -0.3 is 0 Å². The van der Waals surface area contributed by atoms with E-state index >= 15 is 0 Å². The van der Waals surface area contributed by atoms with E-state index in [0.29, 0.717) is 15.6 Å². The lowest BCUT2D eigenvalue weighted by atomic mass is 10.2. The third-order valence-corrected chi connectivity index (χ3v) is 3.40. The van der Waals surface area contributed by atoms with Crippen LogP contribution < -0.4 is 0 Å². The fourth-order valence-corrected chi connectivity index (χ4v) is 2.88. The summed E-state index contributed by atoms with van der Waals surface area (Å²) in [4.78, 5) is 0. The van der Waals surface area contributed by atoms with Crippen molar-refractivity contribution in [2.24, 2.45) is 0 Å². The number of halogens is 3. The number of benzene rings is 1. The van der Waals surface area contributed by atoms with Crippen LogP contribution in [0, 0.1) is 10.9 Å². The van der Waals surface area contributed by atoms with Gasteiger partial charge in [0.05, 0.1) is 0 Å². The van der Waals surface area contributed by atoms with Crippen molar-refractivity contribution in [2.45, 2.75) is 5.33 Å². The molecule has 0 aliphatic rings.